The topological polar surface area (TPSA) is 179 Å². The highest BCUT2D eigenvalue weighted by Crippen LogP contribution is 2.25. The number of benzene rings is 2. The second-order valence-corrected chi connectivity index (χ2v) is 8.35. The molecule has 13 heteroatoms. The van der Waals surface area contributed by atoms with Crippen LogP contribution in [0.3, 0.4) is 0 Å². The van der Waals surface area contributed by atoms with Gasteiger partial charge in [0.05, 0.1) is 15.4 Å². The molecular formula is C19H18N6O6S. The molecule has 0 bridgehead atoms. The van der Waals surface area contributed by atoms with Crippen molar-refractivity contribution >= 4 is 27.6 Å². The number of nitrogens with zero attached hydrogens (tertiary/aromatic N) is 3. The van der Waals surface area contributed by atoms with Crippen LogP contribution in [-0.4, -0.2) is 35.1 Å². The molecule has 0 aliphatic heterocycles. The fraction of sp³-hybridized carbons (Fsp3) is 0.105. The van der Waals surface area contributed by atoms with Crippen LogP contribution in [0.5, 0.6) is 0 Å². The number of carbonyl (C=O) groups excluding carboxylic acids is 2. The van der Waals surface area contributed by atoms with E-state index in [0.717, 1.165) is 0 Å². The van der Waals surface area contributed by atoms with Crippen LogP contribution in [0.2, 0.25) is 0 Å². The van der Waals surface area contributed by atoms with Crippen LogP contribution in [0.25, 0.3) is 11.3 Å². The Morgan fingerprint density at radius 1 is 1.12 bits per heavy atom. The van der Waals surface area contributed by atoms with Crippen LogP contribution in [-0.2, 0) is 23.6 Å². The number of carbonyl (C=O) groups is 2. The molecule has 0 radical (unpaired) electrons. The Bertz CT molecular complexity index is 1280. The van der Waals surface area contributed by atoms with Crippen LogP contribution in [0, 0.1) is 10.1 Å². The predicted octanol–water partition coefficient (Wildman–Crippen LogP) is 1.28. The van der Waals surface area contributed by atoms with Crippen molar-refractivity contribution in [2.45, 2.75) is 11.4 Å². The second-order valence-electron chi connectivity index (χ2n) is 6.67. The van der Waals surface area contributed by atoms with Crippen LogP contribution in [0.15, 0.2) is 59.6 Å². The number of amides is 3. The van der Waals surface area contributed by atoms with Gasteiger partial charge in [0.25, 0.3) is 21.6 Å². The van der Waals surface area contributed by atoms with Gasteiger partial charge in [-0.15, -0.1) is 0 Å². The zero-order chi connectivity index (χ0) is 23.5. The fourth-order valence-electron chi connectivity index (χ4n) is 2.82. The normalized spacial score (nSPS) is 11.0. The maximum atomic E-state index is 12.7. The molecule has 3 aromatic rings. The summed E-state index contributed by atoms with van der Waals surface area (Å²) in [6.45, 7) is 0.121. The molecule has 0 atom stereocenters. The summed E-state index contributed by atoms with van der Waals surface area (Å²) in [6.07, 6.45) is 1.35. The summed E-state index contributed by atoms with van der Waals surface area (Å²) in [4.78, 5) is 33.6. The van der Waals surface area contributed by atoms with Crippen molar-refractivity contribution in [2.75, 3.05) is 0 Å². The lowest BCUT2D eigenvalue weighted by Crippen LogP contribution is -2.31. The first kappa shape index (κ1) is 22.4. The van der Waals surface area contributed by atoms with Crippen molar-refractivity contribution in [3.05, 3.63) is 76.0 Å². The summed E-state index contributed by atoms with van der Waals surface area (Å²) in [5.74, 6) is -0.911. The molecule has 1 aromatic heterocycles. The lowest BCUT2D eigenvalue weighted by Gasteiger charge is -2.08. The number of non-ortho nitro benzene ring substituents is 1. The summed E-state index contributed by atoms with van der Waals surface area (Å²) in [5, 5.41) is 17.4. The first-order valence-electron chi connectivity index (χ1n) is 9.04. The van der Waals surface area contributed by atoms with Crippen molar-refractivity contribution in [2.24, 2.45) is 12.8 Å². The van der Waals surface area contributed by atoms with E-state index in [1.165, 1.54) is 59.4 Å². The van der Waals surface area contributed by atoms with Crippen LogP contribution in [0.4, 0.5) is 10.5 Å². The first-order chi connectivity index (χ1) is 15.1. The minimum atomic E-state index is -4.20. The third-order valence-electron chi connectivity index (χ3n) is 4.35. The van der Waals surface area contributed by atoms with Gasteiger partial charge < -0.3 is 11.1 Å². The van der Waals surface area contributed by atoms with Gasteiger partial charge in [-0.05, 0) is 29.8 Å². The van der Waals surface area contributed by atoms with Crippen LogP contribution >= 0.6 is 0 Å². The Morgan fingerprint density at radius 2 is 1.75 bits per heavy atom. The summed E-state index contributed by atoms with van der Waals surface area (Å²) >= 11 is 0. The second kappa shape index (κ2) is 8.85. The Balaban J connectivity index is 1.82. The van der Waals surface area contributed by atoms with Crippen LogP contribution < -0.4 is 15.8 Å². The van der Waals surface area contributed by atoms with E-state index in [9.17, 15) is 28.1 Å². The number of aryl methyl sites for hydroxylation is 1. The number of hydrogen-bond donors (Lipinski definition) is 3. The summed E-state index contributed by atoms with van der Waals surface area (Å²) < 4.78 is 28.6. The quantitative estimate of drug-likeness (QED) is 0.352. The maximum absolute atomic E-state index is 12.7. The number of sulfonamides is 1. The number of urea groups is 1. The van der Waals surface area contributed by atoms with Gasteiger partial charge in [-0.3, -0.25) is 19.6 Å². The zero-order valence-corrected chi connectivity index (χ0v) is 17.5. The average molecular weight is 458 g/mol. The van der Waals surface area contributed by atoms with E-state index in [2.05, 4.69) is 10.4 Å². The fourth-order valence-corrected chi connectivity index (χ4v) is 3.79. The molecule has 1 heterocycles. The van der Waals surface area contributed by atoms with Crippen LogP contribution in [0.1, 0.15) is 15.9 Å². The number of primary amides is 1. The standard InChI is InChI=1S/C19H18N6O6S/c1-24-11-16(17(22-24)13-4-6-14(7-5-13)25(28)29)18(26)23-32(30,31)15-8-2-12(3-9-15)10-21-19(20)27/h2-9,11H,10H2,1H3,(H,23,26)(H3,20,21,27). The van der Waals surface area contributed by atoms with E-state index in [1.807, 2.05) is 4.72 Å². The van der Waals surface area contributed by atoms with Gasteiger partial charge in [0.2, 0.25) is 0 Å². The molecule has 166 valence electrons. The number of rotatable bonds is 7. The number of aromatic nitrogens is 2. The van der Waals surface area contributed by atoms with Gasteiger partial charge in [0.15, 0.2) is 0 Å². The molecule has 32 heavy (non-hydrogen) atoms. The SMILES string of the molecule is Cn1cc(C(=O)NS(=O)(=O)c2ccc(CNC(N)=O)cc2)c(-c2ccc([N+](=O)[O-])cc2)n1. The zero-order valence-electron chi connectivity index (χ0n) is 16.7. The first-order valence-corrected chi connectivity index (χ1v) is 10.5. The Kier molecular flexibility index (Phi) is 6.20. The molecule has 0 aliphatic rings. The lowest BCUT2D eigenvalue weighted by molar-refractivity contribution is -0.384. The van der Waals surface area contributed by atoms with Gasteiger partial charge in [-0.1, -0.05) is 12.1 Å². The third kappa shape index (κ3) is 5.07. The predicted molar refractivity (Wildman–Crippen MR) is 113 cm³/mol. The highest BCUT2D eigenvalue weighted by molar-refractivity contribution is 7.90. The number of nitrogens with one attached hydrogen (secondary N) is 2. The van der Waals surface area contributed by atoms with Gasteiger partial charge >= 0.3 is 6.03 Å². The largest absolute Gasteiger partial charge is 0.352 e. The van der Waals surface area contributed by atoms with Gasteiger partial charge in [-0.25, -0.2) is 17.9 Å². The highest BCUT2D eigenvalue weighted by Gasteiger charge is 2.23. The van der Waals surface area contributed by atoms with E-state index in [-0.39, 0.29) is 28.4 Å². The van der Waals surface area contributed by atoms with E-state index in [4.69, 9.17) is 5.73 Å². The molecular weight excluding hydrogens is 440 g/mol. The Labute approximate surface area is 182 Å². The maximum Gasteiger partial charge on any atom is 0.312 e. The number of nitro benzene ring substituents is 1. The molecule has 0 spiro atoms. The van der Waals surface area contributed by atoms with Crippen molar-refractivity contribution in [3.63, 3.8) is 0 Å². The van der Waals surface area contributed by atoms with E-state index < -0.39 is 26.9 Å². The average Bonchev–Trinajstić information content (AvgIpc) is 3.14. The van der Waals surface area contributed by atoms with Gasteiger partial charge in [-0.2, -0.15) is 5.10 Å². The van der Waals surface area contributed by atoms with E-state index in [0.29, 0.717) is 11.1 Å². The molecule has 0 fully saturated rings. The van der Waals surface area contributed by atoms with Crippen molar-refractivity contribution in [3.8, 4) is 11.3 Å². The Hall–Kier alpha value is -4.26. The molecule has 3 rings (SSSR count). The Morgan fingerprint density at radius 3 is 2.31 bits per heavy atom. The molecule has 4 N–H and O–H groups in total. The van der Waals surface area contributed by atoms with Crippen molar-refractivity contribution in [1.29, 1.82) is 0 Å². The van der Waals surface area contributed by atoms with Crippen molar-refractivity contribution < 1.29 is 22.9 Å². The van der Waals surface area contributed by atoms with E-state index in [1.54, 1.807) is 7.05 Å². The number of nitrogens with two attached hydrogens (primary N) is 1. The number of nitro groups is 1. The lowest BCUT2D eigenvalue weighted by atomic mass is 10.1. The van der Waals surface area contributed by atoms with Crippen molar-refractivity contribution in [1.82, 2.24) is 19.8 Å². The number of hydrogen-bond acceptors (Lipinski definition) is 7. The summed E-state index contributed by atoms with van der Waals surface area (Å²) in [7, 11) is -2.65. The summed E-state index contributed by atoms with van der Waals surface area (Å²) in [6, 6.07) is 10.2. The molecule has 0 saturated heterocycles. The molecule has 0 saturated carbocycles. The molecule has 12 nitrogen and oxygen atoms in total. The molecule has 0 unspecified atom stereocenters. The smallest absolute Gasteiger partial charge is 0.312 e. The molecule has 3 amide bonds. The molecule has 0 aliphatic carbocycles. The minimum absolute atomic E-state index is 0.0211. The van der Waals surface area contributed by atoms with Gasteiger partial charge in [0.1, 0.15) is 5.69 Å². The van der Waals surface area contributed by atoms with E-state index >= 15 is 0 Å². The summed E-state index contributed by atoms with van der Waals surface area (Å²) in [5.41, 5.74) is 6.03. The van der Waals surface area contributed by atoms with Gasteiger partial charge in [0, 0.05) is 37.5 Å². The third-order valence-corrected chi connectivity index (χ3v) is 5.70. The highest BCUT2D eigenvalue weighted by atomic mass is 32.2. The minimum Gasteiger partial charge on any atom is -0.352 e. The molecule has 2 aromatic carbocycles. The monoisotopic (exact) mass is 458 g/mol.